The molecule has 13 heteroatoms. The normalized spacial score (nSPS) is 17.0. The zero-order chi connectivity index (χ0) is 35.2. The van der Waals surface area contributed by atoms with Gasteiger partial charge in [0.2, 0.25) is 0 Å². The molecule has 3 atom stereocenters. The minimum absolute atomic E-state index is 0.0371. The Labute approximate surface area is 292 Å². The van der Waals surface area contributed by atoms with E-state index >= 15 is 0 Å². The molecule has 2 aromatic heterocycles. The van der Waals surface area contributed by atoms with Crippen LogP contribution in [0, 0.1) is 12.3 Å². The molecule has 1 saturated heterocycles. The van der Waals surface area contributed by atoms with E-state index in [2.05, 4.69) is 55.2 Å². The number of piperidine rings is 1. The zero-order valence-electron chi connectivity index (χ0n) is 28.9. The van der Waals surface area contributed by atoms with Crippen molar-refractivity contribution in [3.05, 3.63) is 88.9 Å². The molecule has 50 heavy (non-hydrogen) atoms. The molecular weight excluding hydrogens is 630 g/mol. The van der Waals surface area contributed by atoms with Crippen LogP contribution in [0.25, 0.3) is 10.9 Å². The number of hydrogen-bond acceptors (Lipinski definition) is 7. The largest absolute Gasteiger partial charge is 0.332 e. The summed E-state index contributed by atoms with van der Waals surface area (Å²) in [6.07, 6.45) is 7.79. The molecule has 2 aromatic carbocycles. The average Bonchev–Trinajstić information content (AvgIpc) is 3.50. The fourth-order valence-corrected chi connectivity index (χ4v) is 6.93. The number of aryl methyl sites for hydroxylation is 2. The molecule has 7 N–H and O–H groups in total. The number of pyridine rings is 1. The minimum Gasteiger partial charge on any atom is -0.332 e. The number of rotatable bonds is 11. The number of aliphatic imine (C=N–C) groups is 1. The van der Waals surface area contributed by atoms with Gasteiger partial charge in [-0.05, 0) is 92.5 Å². The molecule has 1 fully saturated rings. The highest BCUT2D eigenvalue weighted by molar-refractivity contribution is 5.92. The van der Waals surface area contributed by atoms with Crippen LogP contribution in [-0.2, 0) is 25.8 Å². The van der Waals surface area contributed by atoms with Gasteiger partial charge in [-0.15, -0.1) is 0 Å². The number of aromatic nitrogens is 3. The van der Waals surface area contributed by atoms with Crippen molar-refractivity contribution in [3.8, 4) is 0 Å². The number of nitrogens with two attached hydrogens (primary N) is 1. The van der Waals surface area contributed by atoms with Gasteiger partial charge in [0.1, 0.15) is 5.84 Å². The number of likely N-dealkylation sites (tertiary alicyclic amines) is 1. The molecular formula is C37H47N11O2. The van der Waals surface area contributed by atoms with Crippen LogP contribution in [0.5, 0.6) is 0 Å². The molecule has 0 spiro atoms. The number of amides is 4. The first-order chi connectivity index (χ1) is 24.2. The lowest BCUT2D eigenvalue weighted by Crippen LogP contribution is -2.61. The van der Waals surface area contributed by atoms with Gasteiger partial charge in [0.15, 0.2) is 0 Å². The second kappa shape index (κ2) is 15.6. The molecule has 0 saturated carbocycles. The van der Waals surface area contributed by atoms with Crippen LogP contribution in [0.4, 0.5) is 15.3 Å². The van der Waals surface area contributed by atoms with Gasteiger partial charge in [0.25, 0.3) is 0 Å². The number of anilines is 1. The Kier molecular flexibility index (Phi) is 10.8. The van der Waals surface area contributed by atoms with Crippen LogP contribution >= 0.6 is 0 Å². The van der Waals surface area contributed by atoms with Gasteiger partial charge in [-0.3, -0.25) is 20.8 Å². The SMILES string of the molecule is CCc1cc(CC(NC(=O)N2CCC(N3Cc4ccccc4NC3=O)CC2)C(N)NC(C=NC(C)=N)Cc2ccncc2)cc2c(C)[nH]nc12. The van der Waals surface area contributed by atoms with Crippen LogP contribution in [-0.4, -0.2) is 86.5 Å². The number of carbonyl (C=O) groups is 2. The monoisotopic (exact) mass is 677 g/mol. The summed E-state index contributed by atoms with van der Waals surface area (Å²) in [5, 5.41) is 26.3. The molecule has 0 radical (unpaired) electrons. The van der Waals surface area contributed by atoms with Crippen LogP contribution in [0.3, 0.4) is 0 Å². The van der Waals surface area contributed by atoms with Crippen molar-refractivity contribution in [1.82, 2.24) is 35.6 Å². The van der Waals surface area contributed by atoms with Crippen molar-refractivity contribution in [2.24, 2.45) is 10.7 Å². The smallest absolute Gasteiger partial charge is 0.322 e. The highest BCUT2D eigenvalue weighted by atomic mass is 16.2. The molecule has 4 heterocycles. The molecule has 2 aliphatic heterocycles. The lowest BCUT2D eigenvalue weighted by molar-refractivity contribution is 0.126. The fraction of sp³-hybridized carbons (Fsp3) is 0.405. The second-order valence-corrected chi connectivity index (χ2v) is 13.3. The van der Waals surface area contributed by atoms with Crippen LogP contribution < -0.4 is 21.7 Å². The third kappa shape index (κ3) is 8.17. The van der Waals surface area contributed by atoms with Crippen molar-refractivity contribution >= 4 is 40.7 Å². The Morgan fingerprint density at radius 1 is 1.14 bits per heavy atom. The van der Waals surface area contributed by atoms with E-state index in [1.807, 2.05) is 53.1 Å². The summed E-state index contributed by atoms with van der Waals surface area (Å²) in [6, 6.07) is 15.0. The third-order valence-electron chi connectivity index (χ3n) is 9.68. The summed E-state index contributed by atoms with van der Waals surface area (Å²) in [6.45, 7) is 7.35. The predicted octanol–water partition coefficient (Wildman–Crippen LogP) is 4.52. The molecule has 6 rings (SSSR count). The zero-order valence-corrected chi connectivity index (χ0v) is 28.9. The Bertz CT molecular complexity index is 1850. The van der Waals surface area contributed by atoms with E-state index in [1.165, 1.54) is 0 Å². The predicted molar refractivity (Wildman–Crippen MR) is 197 cm³/mol. The summed E-state index contributed by atoms with van der Waals surface area (Å²) >= 11 is 0. The number of carbonyl (C=O) groups excluding carboxylic acids is 2. The van der Waals surface area contributed by atoms with Crippen molar-refractivity contribution in [2.75, 3.05) is 18.4 Å². The van der Waals surface area contributed by atoms with Crippen molar-refractivity contribution in [2.45, 2.75) is 83.7 Å². The standard InChI is InChI=1S/C37H47N11O2/c1-4-27-17-26(19-31-23(2)45-46-34(27)31)20-33(35(39)42-29(21-41-24(3)38)18-25-9-13-40-14-10-25)44-36(49)47-15-11-30(12-16-47)48-22-28-7-5-6-8-32(28)43-37(48)50/h5-10,13-14,17,19,21,29-30,33,35,38,42H,4,11-12,15-16,18,20,22,39H2,1-3H3,(H,43,50)(H,44,49)(H,45,46). The van der Waals surface area contributed by atoms with E-state index in [-0.39, 0.29) is 30.0 Å². The van der Waals surface area contributed by atoms with Gasteiger partial charge in [-0.2, -0.15) is 5.10 Å². The topological polar surface area (TPSA) is 181 Å². The maximum atomic E-state index is 13.9. The molecule has 262 valence electrons. The number of nitrogens with zero attached hydrogens (tertiary/aromatic N) is 5. The minimum atomic E-state index is -0.649. The summed E-state index contributed by atoms with van der Waals surface area (Å²) in [4.78, 5) is 39.0. The maximum absolute atomic E-state index is 13.9. The van der Waals surface area contributed by atoms with E-state index in [0.717, 1.165) is 51.0 Å². The molecule has 13 nitrogen and oxygen atoms in total. The van der Waals surface area contributed by atoms with Crippen molar-refractivity contribution in [1.29, 1.82) is 5.41 Å². The lowest BCUT2D eigenvalue weighted by Gasteiger charge is -2.41. The highest BCUT2D eigenvalue weighted by Gasteiger charge is 2.34. The average molecular weight is 678 g/mol. The van der Waals surface area contributed by atoms with Gasteiger partial charge in [0.05, 0.1) is 17.7 Å². The first kappa shape index (κ1) is 34.7. The summed E-state index contributed by atoms with van der Waals surface area (Å²) in [5.41, 5.74) is 14.0. The Morgan fingerprint density at radius 2 is 1.90 bits per heavy atom. The third-order valence-corrected chi connectivity index (χ3v) is 9.68. The van der Waals surface area contributed by atoms with Gasteiger partial charge in [-0.25, -0.2) is 14.6 Å². The molecule has 0 bridgehead atoms. The van der Waals surface area contributed by atoms with Crippen LogP contribution in [0.1, 0.15) is 54.6 Å². The Hall–Kier alpha value is -5.14. The van der Waals surface area contributed by atoms with Crippen LogP contribution in [0.15, 0.2) is 65.9 Å². The number of urea groups is 2. The number of para-hydroxylation sites is 1. The van der Waals surface area contributed by atoms with E-state index in [0.29, 0.717) is 45.3 Å². The molecule has 4 amide bonds. The number of aromatic amines is 1. The van der Waals surface area contributed by atoms with Crippen LogP contribution in [0.2, 0.25) is 0 Å². The first-order valence-electron chi connectivity index (χ1n) is 17.4. The van der Waals surface area contributed by atoms with E-state index < -0.39 is 12.2 Å². The fourth-order valence-electron chi connectivity index (χ4n) is 6.93. The van der Waals surface area contributed by atoms with Gasteiger partial charge >= 0.3 is 12.1 Å². The highest BCUT2D eigenvalue weighted by Crippen LogP contribution is 2.28. The summed E-state index contributed by atoms with van der Waals surface area (Å²) in [5.74, 6) is 0.190. The quantitative estimate of drug-likeness (QED) is 0.0772. The molecule has 0 aliphatic carbocycles. The van der Waals surface area contributed by atoms with Gasteiger partial charge in [-0.1, -0.05) is 31.2 Å². The van der Waals surface area contributed by atoms with E-state index in [9.17, 15) is 9.59 Å². The molecule has 2 aliphatic rings. The number of nitrogens with one attached hydrogen (secondary N) is 5. The van der Waals surface area contributed by atoms with Crippen molar-refractivity contribution < 1.29 is 9.59 Å². The van der Waals surface area contributed by atoms with E-state index in [1.54, 1.807) is 25.5 Å². The molecule has 3 unspecified atom stereocenters. The first-order valence-corrected chi connectivity index (χ1v) is 17.4. The van der Waals surface area contributed by atoms with Crippen molar-refractivity contribution in [3.63, 3.8) is 0 Å². The number of H-pyrrole nitrogens is 1. The van der Waals surface area contributed by atoms with Gasteiger partial charge < -0.3 is 26.2 Å². The number of benzene rings is 2. The molecule has 4 aromatic rings. The summed E-state index contributed by atoms with van der Waals surface area (Å²) in [7, 11) is 0. The maximum Gasteiger partial charge on any atom is 0.322 e. The van der Waals surface area contributed by atoms with Gasteiger partial charge in [0, 0.05) is 67.1 Å². The number of amidine groups is 1. The number of fused-ring (bicyclic) bond motifs is 2. The Morgan fingerprint density at radius 3 is 2.64 bits per heavy atom. The second-order valence-electron chi connectivity index (χ2n) is 13.3. The Balaban J connectivity index is 1.18. The van der Waals surface area contributed by atoms with E-state index in [4.69, 9.17) is 11.1 Å². The lowest BCUT2D eigenvalue weighted by atomic mass is 9.97. The summed E-state index contributed by atoms with van der Waals surface area (Å²) < 4.78 is 0. The number of hydrogen-bond donors (Lipinski definition) is 6.